The summed E-state index contributed by atoms with van der Waals surface area (Å²) in [6.45, 7) is 6.72. The lowest BCUT2D eigenvalue weighted by Crippen LogP contribution is -2.53. The van der Waals surface area contributed by atoms with Crippen LogP contribution in [0.5, 0.6) is 0 Å². The molecule has 2 aliphatic heterocycles. The van der Waals surface area contributed by atoms with Gasteiger partial charge in [0.15, 0.2) is 0 Å². The maximum Gasteiger partial charge on any atom is 0.227 e. The Balaban J connectivity index is 1.27. The van der Waals surface area contributed by atoms with Gasteiger partial charge in [-0.15, -0.1) is 0 Å². The van der Waals surface area contributed by atoms with Crippen molar-refractivity contribution in [2.24, 2.45) is 13.0 Å². The van der Waals surface area contributed by atoms with E-state index in [-0.39, 0.29) is 5.92 Å². The van der Waals surface area contributed by atoms with Gasteiger partial charge >= 0.3 is 0 Å². The number of imidazole rings is 1. The van der Waals surface area contributed by atoms with Crippen molar-refractivity contribution in [2.75, 3.05) is 39.3 Å². The highest BCUT2D eigenvalue weighted by molar-refractivity contribution is 5.79. The Morgan fingerprint density at radius 1 is 1.08 bits per heavy atom. The van der Waals surface area contributed by atoms with Crippen molar-refractivity contribution in [3.63, 3.8) is 0 Å². The largest absolute Gasteiger partial charge is 0.340 e. The second kappa shape index (κ2) is 8.09. The third-order valence-electron chi connectivity index (χ3n) is 6.61. The van der Waals surface area contributed by atoms with Crippen LogP contribution in [0.3, 0.4) is 0 Å². The number of aryl methyl sites for hydroxylation is 1. The first-order chi connectivity index (χ1) is 12.7. The molecule has 0 N–H and O–H groups in total. The number of amides is 1. The van der Waals surface area contributed by atoms with Crippen molar-refractivity contribution >= 4 is 5.91 Å². The average molecular weight is 360 g/mol. The van der Waals surface area contributed by atoms with Crippen LogP contribution in [0.2, 0.25) is 0 Å². The van der Waals surface area contributed by atoms with E-state index in [0.29, 0.717) is 5.91 Å². The molecule has 6 heteroatoms. The van der Waals surface area contributed by atoms with E-state index >= 15 is 0 Å². The van der Waals surface area contributed by atoms with E-state index in [0.717, 1.165) is 57.6 Å². The summed E-state index contributed by atoms with van der Waals surface area (Å²) in [5.41, 5.74) is 0. The lowest BCUT2D eigenvalue weighted by molar-refractivity contribution is -0.139. The van der Waals surface area contributed by atoms with E-state index in [1.807, 2.05) is 19.4 Å². The topological polar surface area (TPSA) is 44.6 Å². The number of carbonyl (C=O) groups excluding carboxylic acids is 1. The molecule has 0 spiro atoms. The van der Waals surface area contributed by atoms with E-state index < -0.39 is 0 Å². The molecule has 0 aromatic carbocycles. The summed E-state index contributed by atoms with van der Waals surface area (Å²) in [7, 11) is 2.04. The highest BCUT2D eigenvalue weighted by atomic mass is 16.2. The molecule has 1 aromatic rings. The van der Waals surface area contributed by atoms with E-state index in [1.54, 1.807) is 0 Å². The summed E-state index contributed by atoms with van der Waals surface area (Å²) in [6, 6.07) is 0.750. The van der Waals surface area contributed by atoms with E-state index in [9.17, 15) is 4.79 Å². The molecule has 1 saturated carbocycles. The van der Waals surface area contributed by atoms with Gasteiger partial charge in [0.2, 0.25) is 5.91 Å². The number of piperazine rings is 1. The lowest BCUT2D eigenvalue weighted by atomic mass is 9.94. The molecule has 3 heterocycles. The SMILES string of the molecule is Cn1ccnc1CN1CCN(C(=O)C2CCCN(C3CCCC3)C2)CC1. The molecular formula is C20H33N5O. The van der Waals surface area contributed by atoms with Crippen molar-refractivity contribution in [3.05, 3.63) is 18.2 Å². The molecule has 1 unspecified atom stereocenters. The van der Waals surface area contributed by atoms with Crippen LogP contribution in [0.1, 0.15) is 44.3 Å². The quantitative estimate of drug-likeness (QED) is 0.821. The summed E-state index contributed by atoms with van der Waals surface area (Å²) < 4.78 is 2.08. The maximum atomic E-state index is 13.1. The first-order valence-electron chi connectivity index (χ1n) is 10.4. The average Bonchev–Trinajstić information content (AvgIpc) is 3.35. The number of piperidine rings is 1. The first kappa shape index (κ1) is 18.0. The van der Waals surface area contributed by atoms with Crippen molar-refractivity contribution in [3.8, 4) is 0 Å². The third kappa shape index (κ3) is 3.96. The van der Waals surface area contributed by atoms with Gasteiger partial charge in [0.05, 0.1) is 12.5 Å². The van der Waals surface area contributed by atoms with Crippen molar-refractivity contribution in [2.45, 2.75) is 51.1 Å². The van der Waals surface area contributed by atoms with Crippen LogP contribution >= 0.6 is 0 Å². The predicted octanol–water partition coefficient (Wildman–Crippen LogP) is 1.72. The van der Waals surface area contributed by atoms with Gasteiger partial charge in [0.25, 0.3) is 0 Å². The molecule has 1 aliphatic carbocycles. The van der Waals surface area contributed by atoms with Gasteiger partial charge in [-0.2, -0.15) is 0 Å². The van der Waals surface area contributed by atoms with Gasteiger partial charge in [0, 0.05) is 58.2 Å². The Morgan fingerprint density at radius 3 is 2.54 bits per heavy atom. The second-order valence-electron chi connectivity index (χ2n) is 8.33. The number of hydrogen-bond donors (Lipinski definition) is 0. The van der Waals surface area contributed by atoms with Crippen LogP contribution in [-0.2, 0) is 18.4 Å². The minimum absolute atomic E-state index is 0.227. The van der Waals surface area contributed by atoms with Gasteiger partial charge in [-0.25, -0.2) is 4.98 Å². The molecule has 0 radical (unpaired) electrons. The van der Waals surface area contributed by atoms with Crippen LogP contribution < -0.4 is 0 Å². The van der Waals surface area contributed by atoms with Crippen LogP contribution in [0.25, 0.3) is 0 Å². The number of carbonyl (C=O) groups is 1. The number of aromatic nitrogens is 2. The minimum atomic E-state index is 0.227. The summed E-state index contributed by atoms with van der Waals surface area (Å²) in [4.78, 5) is 24.6. The van der Waals surface area contributed by atoms with Crippen LogP contribution in [0, 0.1) is 5.92 Å². The number of likely N-dealkylation sites (tertiary alicyclic amines) is 1. The second-order valence-corrected chi connectivity index (χ2v) is 8.33. The highest BCUT2D eigenvalue weighted by Gasteiger charge is 2.34. The van der Waals surface area contributed by atoms with E-state index in [4.69, 9.17) is 0 Å². The van der Waals surface area contributed by atoms with Gasteiger partial charge in [-0.05, 0) is 32.2 Å². The fraction of sp³-hybridized carbons (Fsp3) is 0.800. The van der Waals surface area contributed by atoms with Gasteiger partial charge in [-0.1, -0.05) is 12.8 Å². The Hall–Kier alpha value is -1.40. The van der Waals surface area contributed by atoms with Crippen LogP contribution in [0.4, 0.5) is 0 Å². The van der Waals surface area contributed by atoms with Gasteiger partial charge < -0.3 is 9.47 Å². The Labute approximate surface area is 157 Å². The molecule has 4 rings (SSSR count). The molecule has 3 aliphatic rings. The first-order valence-corrected chi connectivity index (χ1v) is 10.4. The standard InChI is InChI=1S/C20H33N5O/c1-22-10-8-21-19(22)16-23-11-13-24(14-12-23)20(26)17-5-4-9-25(15-17)18-6-2-3-7-18/h8,10,17-18H,2-7,9,11-16H2,1H3. The molecule has 1 aromatic heterocycles. The van der Waals surface area contributed by atoms with Crippen LogP contribution in [-0.4, -0.2) is 75.5 Å². The monoisotopic (exact) mass is 359 g/mol. The normalized spacial score (nSPS) is 26.5. The molecule has 144 valence electrons. The molecule has 0 bridgehead atoms. The summed E-state index contributed by atoms with van der Waals surface area (Å²) in [6.07, 6.45) is 11.5. The van der Waals surface area contributed by atoms with E-state index in [1.165, 1.54) is 38.6 Å². The molecule has 26 heavy (non-hydrogen) atoms. The maximum absolute atomic E-state index is 13.1. The number of nitrogens with zero attached hydrogens (tertiary/aromatic N) is 5. The Bertz CT molecular complexity index is 601. The van der Waals surface area contributed by atoms with Crippen molar-refractivity contribution in [1.29, 1.82) is 0 Å². The Kier molecular flexibility index (Phi) is 5.60. The van der Waals surface area contributed by atoms with Crippen molar-refractivity contribution < 1.29 is 4.79 Å². The lowest BCUT2D eigenvalue weighted by Gasteiger charge is -2.40. The third-order valence-corrected chi connectivity index (χ3v) is 6.61. The van der Waals surface area contributed by atoms with Gasteiger partial charge in [-0.3, -0.25) is 14.6 Å². The summed E-state index contributed by atoms with van der Waals surface area (Å²) >= 11 is 0. The van der Waals surface area contributed by atoms with E-state index in [2.05, 4.69) is 24.3 Å². The zero-order valence-corrected chi connectivity index (χ0v) is 16.1. The molecule has 1 amide bonds. The molecular weight excluding hydrogens is 326 g/mol. The fourth-order valence-electron chi connectivity index (χ4n) is 4.94. The van der Waals surface area contributed by atoms with Gasteiger partial charge in [0.1, 0.15) is 5.82 Å². The molecule has 1 atom stereocenters. The number of hydrogen-bond acceptors (Lipinski definition) is 4. The summed E-state index contributed by atoms with van der Waals surface area (Å²) in [5, 5.41) is 0. The molecule has 6 nitrogen and oxygen atoms in total. The summed E-state index contributed by atoms with van der Waals surface area (Å²) in [5.74, 6) is 1.74. The predicted molar refractivity (Wildman–Crippen MR) is 102 cm³/mol. The minimum Gasteiger partial charge on any atom is -0.340 e. The zero-order chi connectivity index (χ0) is 17.9. The van der Waals surface area contributed by atoms with Crippen LogP contribution in [0.15, 0.2) is 12.4 Å². The number of rotatable bonds is 4. The molecule has 3 fully saturated rings. The Morgan fingerprint density at radius 2 is 1.85 bits per heavy atom. The smallest absolute Gasteiger partial charge is 0.227 e. The zero-order valence-electron chi connectivity index (χ0n) is 16.1. The molecule has 2 saturated heterocycles. The van der Waals surface area contributed by atoms with Crippen molar-refractivity contribution in [1.82, 2.24) is 24.3 Å². The fourth-order valence-corrected chi connectivity index (χ4v) is 4.94. The highest BCUT2D eigenvalue weighted by Crippen LogP contribution is 2.28.